The van der Waals surface area contributed by atoms with Gasteiger partial charge in [-0.3, -0.25) is 0 Å². The Labute approximate surface area is 133 Å². The zero-order valence-corrected chi connectivity index (χ0v) is 14.0. The molecule has 0 saturated carbocycles. The molecule has 0 bridgehead atoms. The monoisotopic (exact) mass is 332 g/mol. The first-order valence-electron chi connectivity index (χ1n) is 6.87. The number of fused-ring (bicyclic) bond motifs is 1. The maximum Gasteiger partial charge on any atom is 0.240 e. The van der Waals surface area contributed by atoms with Crippen LogP contribution in [0.4, 0.5) is 0 Å². The lowest BCUT2D eigenvalue weighted by atomic mass is 10.1. The number of hydrogen-bond donors (Lipinski definition) is 1. The Morgan fingerprint density at radius 2 is 1.82 bits per heavy atom. The third-order valence-corrected chi connectivity index (χ3v) is 5.93. The molecule has 6 heteroatoms. The summed E-state index contributed by atoms with van der Waals surface area (Å²) in [6.45, 7) is 4.08. The first kappa shape index (κ1) is 15.1. The van der Waals surface area contributed by atoms with Crippen LogP contribution in [0.1, 0.15) is 15.6 Å². The van der Waals surface area contributed by atoms with Gasteiger partial charge in [0.1, 0.15) is 0 Å². The van der Waals surface area contributed by atoms with E-state index in [-0.39, 0.29) is 11.4 Å². The molecule has 1 aromatic heterocycles. The summed E-state index contributed by atoms with van der Waals surface area (Å²) in [5, 5.41) is 2.88. The average Bonchev–Trinajstić information content (AvgIpc) is 2.82. The van der Waals surface area contributed by atoms with E-state index in [1.165, 1.54) is 11.3 Å². The Kier molecular flexibility index (Phi) is 3.99. The molecule has 114 valence electrons. The number of aromatic nitrogens is 1. The third-order valence-electron chi connectivity index (χ3n) is 3.45. The van der Waals surface area contributed by atoms with Crippen molar-refractivity contribution in [3.63, 3.8) is 0 Å². The predicted molar refractivity (Wildman–Crippen MR) is 89.6 cm³/mol. The normalized spacial score (nSPS) is 11.9. The molecule has 0 aliphatic carbocycles. The highest BCUT2D eigenvalue weighted by Gasteiger charge is 2.15. The fourth-order valence-electron chi connectivity index (χ4n) is 2.32. The summed E-state index contributed by atoms with van der Waals surface area (Å²) in [4.78, 5) is 5.54. The summed E-state index contributed by atoms with van der Waals surface area (Å²) in [6.07, 6.45) is 0. The summed E-state index contributed by atoms with van der Waals surface area (Å²) in [6, 6.07) is 12.9. The van der Waals surface area contributed by atoms with E-state index in [9.17, 15) is 8.42 Å². The van der Waals surface area contributed by atoms with Crippen LogP contribution in [-0.4, -0.2) is 13.4 Å². The van der Waals surface area contributed by atoms with Crippen LogP contribution in [0.2, 0.25) is 0 Å². The van der Waals surface area contributed by atoms with E-state index in [0.717, 1.165) is 26.4 Å². The van der Waals surface area contributed by atoms with Gasteiger partial charge in [-0.1, -0.05) is 30.3 Å². The van der Waals surface area contributed by atoms with Gasteiger partial charge in [0.05, 0.1) is 15.6 Å². The fourth-order valence-corrected chi connectivity index (χ4v) is 4.31. The molecule has 0 unspecified atom stereocenters. The highest BCUT2D eigenvalue weighted by molar-refractivity contribution is 7.89. The molecule has 22 heavy (non-hydrogen) atoms. The Hall–Kier alpha value is -1.76. The SMILES string of the molecule is Cc1nc(C)c(CNS(=O)(=O)c2ccc3ccccc3c2)s1. The number of benzene rings is 2. The summed E-state index contributed by atoms with van der Waals surface area (Å²) in [5.74, 6) is 0. The van der Waals surface area contributed by atoms with Crippen molar-refractivity contribution in [1.82, 2.24) is 9.71 Å². The van der Waals surface area contributed by atoms with Gasteiger partial charge in [0, 0.05) is 11.4 Å². The number of rotatable bonds is 4. The van der Waals surface area contributed by atoms with Gasteiger partial charge < -0.3 is 0 Å². The molecule has 0 fully saturated rings. The fraction of sp³-hybridized carbons (Fsp3) is 0.188. The number of nitrogens with zero attached hydrogens (tertiary/aromatic N) is 1. The predicted octanol–water partition coefficient (Wildman–Crippen LogP) is 3.39. The average molecular weight is 332 g/mol. The summed E-state index contributed by atoms with van der Waals surface area (Å²) >= 11 is 1.51. The number of thiazole rings is 1. The highest BCUT2D eigenvalue weighted by atomic mass is 32.2. The van der Waals surface area contributed by atoms with Gasteiger partial charge in [0.15, 0.2) is 0 Å². The Balaban J connectivity index is 1.86. The van der Waals surface area contributed by atoms with Crippen molar-refractivity contribution < 1.29 is 8.42 Å². The molecular formula is C16H16N2O2S2. The topological polar surface area (TPSA) is 59.1 Å². The zero-order chi connectivity index (χ0) is 15.7. The van der Waals surface area contributed by atoms with Crippen molar-refractivity contribution in [1.29, 1.82) is 0 Å². The lowest BCUT2D eigenvalue weighted by Gasteiger charge is -2.07. The van der Waals surface area contributed by atoms with Crippen LogP contribution in [0.15, 0.2) is 47.4 Å². The van der Waals surface area contributed by atoms with Crippen molar-refractivity contribution in [3.05, 3.63) is 58.0 Å². The molecule has 1 heterocycles. The van der Waals surface area contributed by atoms with E-state index >= 15 is 0 Å². The van der Waals surface area contributed by atoms with E-state index in [2.05, 4.69) is 9.71 Å². The third kappa shape index (κ3) is 3.04. The van der Waals surface area contributed by atoms with E-state index in [1.54, 1.807) is 12.1 Å². The van der Waals surface area contributed by atoms with Crippen molar-refractivity contribution in [2.45, 2.75) is 25.3 Å². The lowest BCUT2D eigenvalue weighted by molar-refractivity contribution is 0.582. The smallest absolute Gasteiger partial charge is 0.240 e. The molecule has 0 aliphatic heterocycles. The molecule has 1 N–H and O–H groups in total. The molecular weight excluding hydrogens is 316 g/mol. The van der Waals surface area contributed by atoms with Gasteiger partial charge in [-0.05, 0) is 36.8 Å². The van der Waals surface area contributed by atoms with Gasteiger partial charge in [-0.2, -0.15) is 0 Å². The maximum absolute atomic E-state index is 12.4. The van der Waals surface area contributed by atoms with Gasteiger partial charge in [0.25, 0.3) is 0 Å². The van der Waals surface area contributed by atoms with Crippen LogP contribution in [0.25, 0.3) is 10.8 Å². The van der Waals surface area contributed by atoms with E-state index in [1.807, 2.05) is 44.2 Å². The molecule has 0 radical (unpaired) electrons. The quantitative estimate of drug-likeness (QED) is 0.796. The number of nitrogens with one attached hydrogen (secondary N) is 1. The van der Waals surface area contributed by atoms with Gasteiger partial charge in [0.2, 0.25) is 10.0 Å². The molecule has 4 nitrogen and oxygen atoms in total. The molecule has 2 aromatic carbocycles. The van der Waals surface area contributed by atoms with Crippen LogP contribution in [0.5, 0.6) is 0 Å². The lowest BCUT2D eigenvalue weighted by Crippen LogP contribution is -2.23. The van der Waals surface area contributed by atoms with Crippen LogP contribution in [0.3, 0.4) is 0 Å². The van der Waals surface area contributed by atoms with Crippen molar-refractivity contribution >= 4 is 32.1 Å². The largest absolute Gasteiger partial charge is 0.247 e. The molecule has 0 atom stereocenters. The van der Waals surface area contributed by atoms with E-state index in [0.29, 0.717) is 0 Å². The van der Waals surface area contributed by atoms with Crippen molar-refractivity contribution in [2.75, 3.05) is 0 Å². The first-order valence-corrected chi connectivity index (χ1v) is 9.17. The van der Waals surface area contributed by atoms with E-state index < -0.39 is 10.0 Å². The minimum absolute atomic E-state index is 0.270. The second-order valence-electron chi connectivity index (χ2n) is 5.07. The van der Waals surface area contributed by atoms with Crippen LogP contribution >= 0.6 is 11.3 Å². The van der Waals surface area contributed by atoms with Crippen molar-refractivity contribution in [2.24, 2.45) is 0 Å². The van der Waals surface area contributed by atoms with Gasteiger partial charge in [-0.25, -0.2) is 18.1 Å². The standard InChI is InChI=1S/C16H16N2O2S2/c1-11-16(21-12(2)18-11)10-17-22(19,20)15-8-7-13-5-3-4-6-14(13)9-15/h3-9,17H,10H2,1-2H3. The van der Waals surface area contributed by atoms with Crippen LogP contribution < -0.4 is 4.72 Å². The molecule has 3 rings (SSSR count). The van der Waals surface area contributed by atoms with Crippen molar-refractivity contribution in [3.8, 4) is 0 Å². The number of sulfonamides is 1. The second kappa shape index (κ2) is 5.79. The molecule has 0 amide bonds. The summed E-state index contributed by atoms with van der Waals surface area (Å²) in [5.41, 5.74) is 0.878. The Morgan fingerprint density at radius 3 is 2.50 bits per heavy atom. The maximum atomic E-state index is 12.4. The Morgan fingerprint density at radius 1 is 1.09 bits per heavy atom. The first-order chi connectivity index (χ1) is 10.5. The number of aryl methyl sites for hydroxylation is 2. The van der Waals surface area contributed by atoms with E-state index in [4.69, 9.17) is 0 Å². The van der Waals surface area contributed by atoms with Crippen LogP contribution in [0, 0.1) is 13.8 Å². The minimum atomic E-state index is -3.53. The molecule has 3 aromatic rings. The summed E-state index contributed by atoms with van der Waals surface area (Å²) in [7, 11) is -3.53. The zero-order valence-electron chi connectivity index (χ0n) is 12.3. The Bertz CT molecular complexity index is 930. The number of hydrogen-bond acceptors (Lipinski definition) is 4. The molecule has 0 aliphatic rings. The molecule has 0 spiro atoms. The second-order valence-corrected chi connectivity index (χ2v) is 8.13. The minimum Gasteiger partial charge on any atom is -0.247 e. The molecule has 0 saturated heterocycles. The van der Waals surface area contributed by atoms with Crippen LogP contribution in [-0.2, 0) is 16.6 Å². The van der Waals surface area contributed by atoms with Gasteiger partial charge >= 0.3 is 0 Å². The summed E-state index contributed by atoms with van der Waals surface area (Å²) < 4.78 is 27.5. The van der Waals surface area contributed by atoms with Gasteiger partial charge in [-0.15, -0.1) is 11.3 Å². The highest BCUT2D eigenvalue weighted by Crippen LogP contribution is 2.20.